The van der Waals surface area contributed by atoms with E-state index in [0.29, 0.717) is 12.0 Å². The van der Waals surface area contributed by atoms with Crippen molar-refractivity contribution in [2.24, 2.45) is 5.73 Å². The number of halogens is 1. The summed E-state index contributed by atoms with van der Waals surface area (Å²) in [5, 5.41) is 17.5. The van der Waals surface area contributed by atoms with Crippen LogP contribution in [-0.2, 0) is 0 Å². The molecule has 0 spiro atoms. The third-order valence-corrected chi connectivity index (χ3v) is 2.38. The van der Waals surface area contributed by atoms with E-state index in [1.165, 1.54) is 0 Å². The maximum atomic E-state index is 8.74. The Morgan fingerprint density at radius 2 is 2.21 bits per heavy atom. The number of nitrogens with zero attached hydrogens (tertiary/aromatic N) is 1. The van der Waals surface area contributed by atoms with Gasteiger partial charge in [-0.25, -0.2) is 0 Å². The first-order chi connectivity index (χ1) is 6.67. The Labute approximate surface area is 91.3 Å². The number of nitriles is 1. The van der Waals surface area contributed by atoms with E-state index in [0.717, 1.165) is 10.0 Å². The molecule has 0 fully saturated rings. The third-order valence-electron chi connectivity index (χ3n) is 1.92. The number of hydrogen-bond acceptors (Lipinski definition) is 3. The first-order valence-electron chi connectivity index (χ1n) is 4.24. The molecule has 1 unspecified atom stereocenters. The zero-order chi connectivity index (χ0) is 10.6. The summed E-state index contributed by atoms with van der Waals surface area (Å²) in [7, 11) is 0. The summed E-state index contributed by atoms with van der Waals surface area (Å²) in [5.41, 5.74) is 7.25. The summed E-state index contributed by atoms with van der Waals surface area (Å²) in [6, 6.07) is 7.17. The number of rotatable bonds is 3. The van der Waals surface area contributed by atoms with E-state index in [4.69, 9.17) is 16.1 Å². The molecule has 1 rings (SSSR count). The van der Waals surface area contributed by atoms with Gasteiger partial charge in [-0.1, -0.05) is 15.9 Å². The second-order valence-corrected chi connectivity index (χ2v) is 3.92. The van der Waals surface area contributed by atoms with Crippen molar-refractivity contribution in [1.82, 2.24) is 0 Å². The summed E-state index contributed by atoms with van der Waals surface area (Å²) in [6.07, 6.45) is 0.501. The Kier molecular flexibility index (Phi) is 4.08. The lowest BCUT2D eigenvalue weighted by molar-refractivity contribution is 0.276. The van der Waals surface area contributed by atoms with Crippen molar-refractivity contribution in [3.8, 4) is 6.07 Å². The average molecular weight is 255 g/mol. The second-order valence-electron chi connectivity index (χ2n) is 3.00. The molecule has 0 aliphatic rings. The normalized spacial score (nSPS) is 12.1. The highest BCUT2D eigenvalue weighted by Crippen LogP contribution is 2.21. The molecule has 0 bridgehead atoms. The van der Waals surface area contributed by atoms with Crippen molar-refractivity contribution in [1.29, 1.82) is 5.26 Å². The van der Waals surface area contributed by atoms with Crippen LogP contribution in [0.2, 0.25) is 0 Å². The minimum atomic E-state index is -0.218. The van der Waals surface area contributed by atoms with Crippen molar-refractivity contribution in [3.63, 3.8) is 0 Å². The van der Waals surface area contributed by atoms with E-state index in [1.807, 2.05) is 6.07 Å². The van der Waals surface area contributed by atoms with Crippen LogP contribution in [0, 0.1) is 11.3 Å². The molecule has 0 amide bonds. The highest BCUT2D eigenvalue weighted by atomic mass is 79.9. The van der Waals surface area contributed by atoms with Crippen molar-refractivity contribution in [3.05, 3.63) is 33.8 Å². The maximum Gasteiger partial charge on any atom is 0.0992 e. The van der Waals surface area contributed by atoms with Gasteiger partial charge in [-0.3, -0.25) is 0 Å². The molecule has 3 N–H and O–H groups in total. The number of aliphatic hydroxyl groups excluding tert-OH is 1. The minimum Gasteiger partial charge on any atom is -0.396 e. The second kappa shape index (κ2) is 5.11. The van der Waals surface area contributed by atoms with Crippen molar-refractivity contribution in [2.75, 3.05) is 6.61 Å². The van der Waals surface area contributed by atoms with Crippen LogP contribution in [0.15, 0.2) is 22.7 Å². The molecule has 0 heterocycles. The van der Waals surface area contributed by atoms with Gasteiger partial charge in [-0.15, -0.1) is 0 Å². The summed E-state index contributed by atoms with van der Waals surface area (Å²) in [4.78, 5) is 0. The van der Waals surface area contributed by atoms with Gasteiger partial charge in [0.15, 0.2) is 0 Å². The first-order valence-corrected chi connectivity index (χ1v) is 5.03. The molecular weight excluding hydrogens is 244 g/mol. The summed E-state index contributed by atoms with van der Waals surface area (Å²) >= 11 is 3.30. The predicted molar refractivity (Wildman–Crippen MR) is 57.5 cm³/mol. The highest BCUT2D eigenvalue weighted by molar-refractivity contribution is 9.10. The van der Waals surface area contributed by atoms with Crippen LogP contribution in [0.5, 0.6) is 0 Å². The highest BCUT2D eigenvalue weighted by Gasteiger charge is 2.07. The Morgan fingerprint density at radius 3 is 2.79 bits per heavy atom. The molecule has 1 aromatic rings. The average Bonchev–Trinajstić information content (AvgIpc) is 2.17. The van der Waals surface area contributed by atoms with Crippen LogP contribution in [0.25, 0.3) is 0 Å². The van der Waals surface area contributed by atoms with Gasteiger partial charge in [-0.2, -0.15) is 5.26 Å². The van der Waals surface area contributed by atoms with E-state index >= 15 is 0 Å². The van der Waals surface area contributed by atoms with Crippen LogP contribution in [-0.4, -0.2) is 11.7 Å². The Hall–Kier alpha value is -0.890. The fraction of sp³-hybridized carbons (Fsp3) is 0.300. The van der Waals surface area contributed by atoms with E-state index in [1.54, 1.807) is 12.1 Å². The van der Waals surface area contributed by atoms with Gasteiger partial charge in [0.25, 0.3) is 0 Å². The predicted octanol–water partition coefficient (Wildman–Crippen LogP) is 1.70. The van der Waals surface area contributed by atoms with Crippen LogP contribution in [0.3, 0.4) is 0 Å². The number of hydrogen-bond donors (Lipinski definition) is 2. The zero-order valence-electron chi connectivity index (χ0n) is 7.57. The molecule has 0 saturated carbocycles. The summed E-state index contributed by atoms with van der Waals surface area (Å²) in [5.74, 6) is 0. The van der Waals surface area contributed by atoms with Gasteiger partial charge in [0.05, 0.1) is 11.6 Å². The molecule has 3 nitrogen and oxygen atoms in total. The molecule has 74 valence electrons. The fourth-order valence-corrected chi connectivity index (χ4v) is 1.71. The number of benzene rings is 1. The molecule has 0 aromatic heterocycles. The van der Waals surface area contributed by atoms with Crippen LogP contribution < -0.4 is 5.73 Å². The summed E-state index contributed by atoms with van der Waals surface area (Å²) in [6.45, 7) is 0.0512. The largest absolute Gasteiger partial charge is 0.396 e. The van der Waals surface area contributed by atoms with Crippen LogP contribution in [0.1, 0.15) is 23.6 Å². The van der Waals surface area contributed by atoms with Gasteiger partial charge < -0.3 is 10.8 Å². The lowest BCUT2D eigenvalue weighted by Crippen LogP contribution is -2.12. The Bertz CT molecular complexity index is 360. The Morgan fingerprint density at radius 1 is 1.50 bits per heavy atom. The fourth-order valence-electron chi connectivity index (χ4n) is 1.20. The number of nitrogens with two attached hydrogens (primary N) is 1. The monoisotopic (exact) mass is 254 g/mol. The molecular formula is C10H11BrN2O. The van der Waals surface area contributed by atoms with Gasteiger partial charge in [0.2, 0.25) is 0 Å². The van der Waals surface area contributed by atoms with Gasteiger partial charge >= 0.3 is 0 Å². The molecule has 1 atom stereocenters. The van der Waals surface area contributed by atoms with Crippen LogP contribution >= 0.6 is 15.9 Å². The molecule has 14 heavy (non-hydrogen) atoms. The zero-order valence-corrected chi connectivity index (χ0v) is 9.16. The molecule has 0 aliphatic heterocycles. The maximum absolute atomic E-state index is 8.74. The smallest absolute Gasteiger partial charge is 0.0992 e. The standard InChI is InChI=1S/C10H11BrN2O/c11-9-4-7(6-12)3-8(5-9)10(13)1-2-14/h3-5,10,14H,1-2,13H2. The molecule has 0 radical (unpaired) electrons. The van der Waals surface area contributed by atoms with Crippen molar-refractivity contribution < 1.29 is 5.11 Å². The van der Waals surface area contributed by atoms with E-state index in [-0.39, 0.29) is 12.6 Å². The number of aliphatic hydroxyl groups is 1. The quantitative estimate of drug-likeness (QED) is 0.863. The minimum absolute atomic E-state index is 0.0512. The summed E-state index contributed by atoms with van der Waals surface area (Å²) < 4.78 is 0.833. The van der Waals surface area contributed by atoms with Crippen LogP contribution in [0.4, 0.5) is 0 Å². The Balaban J connectivity index is 2.98. The van der Waals surface area contributed by atoms with Gasteiger partial charge in [0.1, 0.15) is 0 Å². The van der Waals surface area contributed by atoms with E-state index < -0.39 is 0 Å². The lowest BCUT2D eigenvalue weighted by atomic mass is 10.0. The first kappa shape index (κ1) is 11.2. The molecule has 1 aromatic carbocycles. The third kappa shape index (κ3) is 2.81. The lowest BCUT2D eigenvalue weighted by Gasteiger charge is -2.10. The molecule has 4 heteroatoms. The van der Waals surface area contributed by atoms with E-state index in [2.05, 4.69) is 22.0 Å². The van der Waals surface area contributed by atoms with Gasteiger partial charge in [0, 0.05) is 17.1 Å². The van der Waals surface area contributed by atoms with Gasteiger partial charge in [-0.05, 0) is 30.2 Å². The molecule has 0 saturated heterocycles. The van der Waals surface area contributed by atoms with Crippen molar-refractivity contribution >= 4 is 15.9 Å². The topological polar surface area (TPSA) is 70.0 Å². The SMILES string of the molecule is N#Cc1cc(Br)cc(C(N)CCO)c1. The molecule has 0 aliphatic carbocycles. The van der Waals surface area contributed by atoms with E-state index in [9.17, 15) is 0 Å². The van der Waals surface area contributed by atoms with Crippen molar-refractivity contribution in [2.45, 2.75) is 12.5 Å².